The van der Waals surface area contributed by atoms with Crippen molar-refractivity contribution in [1.29, 1.82) is 0 Å². The van der Waals surface area contributed by atoms with Crippen LogP contribution >= 0.6 is 0 Å². The standard InChI is InChI=1S/C15H22N2O4/c1-4-10(2)16-13-9-11(14(18)19-3)8-12(17-13)15-20-6-5-7-21-15/h8-10,15H,4-7H2,1-3H3,(H,16,17). The van der Waals surface area contributed by atoms with E-state index >= 15 is 0 Å². The van der Waals surface area contributed by atoms with Gasteiger partial charge in [-0.25, -0.2) is 9.78 Å². The zero-order valence-electron chi connectivity index (χ0n) is 12.7. The number of methoxy groups -OCH3 is 1. The highest BCUT2D eigenvalue weighted by Gasteiger charge is 2.21. The summed E-state index contributed by atoms with van der Waals surface area (Å²) in [5.41, 5.74) is 1.02. The molecule has 0 spiro atoms. The third-order valence-electron chi connectivity index (χ3n) is 3.34. The second-order valence-corrected chi connectivity index (χ2v) is 5.04. The first-order valence-corrected chi connectivity index (χ1v) is 7.24. The minimum absolute atomic E-state index is 0.256. The molecule has 1 aromatic heterocycles. The highest BCUT2D eigenvalue weighted by Crippen LogP contribution is 2.24. The predicted molar refractivity (Wildman–Crippen MR) is 78.2 cm³/mol. The monoisotopic (exact) mass is 294 g/mol. The largest absolute Gasteiger partial charge is 0.465 e. The van der Waals surface area contributed by atoms with Crippen molar-refractivity contribution in [3.63, 3.8) is 0 Å². The van der Waals surface area contributed by atoms with E-state index in [0.29, 0.717) is 30.3 Å². The van der Waals surface area contributed by atoms with Crippen molar-refractivity contribution < 1.29 is 19.0 Å². The summed E-state index contributed by atoms with van der Waals surface area (Å²) < 4.78 is 15.9. The molecule has 0 amide bonds. The van der Waals surface area contributed by atoms with Crippen LogP contribution in [0.5, 0.6) is 0 Å². The summed E-state index contributed by atoms with van der Waals surface area (Å²) >= 11 is 0. The summed E-state index contributed by atoms with van der Waals surface area (Å²) in [6, 6.07) is 3.60. The Morgan fingerprint density at radius 1 is 1.48 bits per heavy atom. The molecule has 1 fully saturated rings. The van der Waals surface area contributed by atoms with Crippen molar-refractivity contribution in [1.82, 2.24) is 4.98 Å². The molecular formula is C15H22N2O4. The first kappa shape index (κ1) is 15.7. The van der Waals surface area contributed by atoms with Crippen LogP contribution in [0.1, 0.15) is 49.0 Å². The third kappa shape index (κ3) is 4.15. The summed E-state index contributed by atoms with van der Waals surface area (Å²) in [5.74, 6) is 0.224. The fourth-order valence-electron chi connectivity index (χ4n) is 2.00. The Balaban J connectivity index is 2.29. The van der Waals surface area contributed by atoms with E-state index in [1.807, 2.05) is 0 Å². The number of ether oxygens (including phenoxy) is 3. The lowest BCUT2D eigenvalue weighted by Gasteiger charge is -2.24. The van der Waals surface area contributed by atoms with Gasteiger partial charge in [0, 0.05) is 6.04 Å². The van der Waals surface area contributed by atoms with Crippen molar-refractivity contribution in [2.75, 3.05) is 25.6 Å². The minimum atomic E-state index is -0.527. The van der Waals surface area contributed by atoms with Gasteiger partial charge in [0.2, 0.25) is 6.29 Å². The van der Waals surface area contributed by atoms with Crippen molar-refractivity contribution in [3.05, 3.63) is 23.4 Å². The molecule has 1 saturated heterocycles. The average molecular weight is 294 g/mol. The van der Waals surface area contributed by atoms with Crippen LogP contribution in [0.25, 0.3) is 0 Å². The molecule has 1 atom stereocenters. The Morgan fingerprint density at radius 2 is 2.19 bits per heavy atom. The van der Waals surface area contributed by atoms with Crippen LogP contribution in [0.2, 0.25) is 0 Å². The van der Waals surface area contributed by atoms with Crippen LogP contribution in [0, 0.1) is 0 Å². The molecule has 1 N–H and O–H groups in total. The summed E-state index contributed by atoms with van der Waals surface area (Å²) in [4.78, 5) is 16.3. The van der Waals surface area contributed by atoms with Gasteiger partial charge in [0.25, 0.3) is 0 Å². The maximum absolute atomic E-state index is 11.8. The van der Waals surface area contributed by atoms with Crippen LogP contribution in [0.4, 0.5) is 5.82 Å². The zero-order valence-corrected chi connectivity index (χ0v) is 12.7. The smallest absolute Gasteiger partial charge is 0.338 e. The van der Waals surface area contributed by atoms with Gasteiger partial charge in [0.05, 0.1) is 31.6 Å². The molecule has 0 aromatic carbocycles. The molecule has 6 heteroatoms. The summed E-state index contributed by atoms with van der Waals surface area (Å²) in [6.45, 7) is 5.39. The number of carbonyl (C=O) groups is 1. The summed E-state index contributed by atoms with van der Waals surface area (Å²) in [7, 11) is 1.36. The predicted octanol–water partition coefficient (Wildman–Crippen LogP) is 2.51. The Kier molecular flexibility index (Phi) is 5.52. The van der Waals surface area contributed by atoms with Crippen LogP contribution in [-0.2, 0) is 14.2 Å². The fourth-order valence-corrected chi connectivity index (χ4v) is 2.00. The fraction of sp³-hybridized carbons (Fsp3) is 0.600. The van der Waals surface area contributed by atoms with Crippen molar-refractivity contribution in [3.8, 4) is 0 Å². The number of esters is 1. The van der Waals surface area contributed by atoms with E-state index in [0.717, 1.165) is 12.8 Å². The molecule has 2 rings (SSSR count). The molecule has 1 unspecified atom stereocenters. The van der Waals surface area contributed by atoms with Crippen molar-refractivity contribution >= 4 is 11.8 Å². The molecular weight excluding hydrogens is 272 g/mol. The number of pyridine rings is 1. The lowest BCUT2D eigenvalue weighted by Crippen LogP contribution is -2.21. The van der Waals surface area contributed by atoms with Gasteiger partial charge in [-0.3, -0.25) is 0 Å². The Morgan fingerprint density at radius 3 is 2.81 bits per heavy atom. The van der Waals surface area contributed by atoms with Crippen molar-refractivity contribution in [2.24, 2.45) is 0 Å². The zero-order chi connectivity index (χ0) is 15.2. The van der Waals surface area contributed by atoms with Gasteiger partial charge < -0.3 is 19.5 Å². The van der Waals surface area contributed by atoms with E-state index in [1.54, 1.807) is 12.1 Å². The number of carbonyl (C=O) groups excluding carboxylic acids is 1. The average Bonchev–Trinajstić information content (AvgIpc) is 2.54. The lowest BCUT2D eigenvalue weighted by atomic mass is 10.2. The molecule has 2 heterocycles. The second-order valence-electron chi connectivity index (χ2n) is 5.04. The van der Waals surface area contributed by atoms with E-state index in [-0.39, 0.29) is 6.04 Å². The van der Waals surface area contributed by atoms with Gasteiger partial charge >= 0.3 is 5.97 Å². The quantitative estimate of drug-likeness (QED) is 0.841. The number of nitrogens with one attached hydrogen (secondary N) is 1. The first-order chi connectivity index (χ1) is 10.1. The van der Waals surface area contributed by atoms with Crippen LogP contribution in [-0.4, -0.2) is 37.3 Å². The van der Waals surface area contributed by atoms with Gasteiger partial charge in [-0.15, -0.1) is 0 Å². The molecule has 21 heavy (non-hydrogen) atoms. The second kappa shape index (κ2) is 7.38. The Labute approximate surface area is 124 Å². The molecule has 0 aliphatic carbocycles. The number of anilines is 1. The first-order valence-electron chi connectivity index (χ1n) is 7.24. The van der Waals surface area contributed by atoms with Crippen LogP contribution in [0.3, 0.4) is 0 Å². The van der Waals surface area contributed by atoms with E-state index < -0.39 is 12.3 Å². The number of rotatable bonds is 5. The minimum Gasteiger partial charge on any atom is -0.465 e. The number of aromatic nitrogens is 1. The van der Waals surface area contributed by atoms with E-state index in [4.69, 9.17) is 14.2 Å². The van der Waals surface area contributed by atoms with E-state index in [9.17, 15) is 4.79 Å². The lowest BCUT2D eigenvalue weighted by molar-refractivity contribution is -0.185. The van der Waals surface area contributed by atoms with Crippen molar-refractivity contribution in [2.45, 2.75) is 39.0 Å². The summed E-state index contributed by atoms with van der Waals surface area (Å²) in [6.07, 6.45) is 1.29. The SMILES string of the molecule is CCC(C)Nc1cc(C(=O)OC)cc(C2OCCCO2)n1. The number of nitrogens with zero attached hydrogens (tertiary/aromatic N) is 1. The Bertz CT molecular complexity index is 487. The highest BCUT2D eigenvalue weighted by molar-refractivity contribution is 5.90. The van der Waals surface area contributed by atoms with Crippen LogP contribution in [0.15, 0.2) is 12.1 Å². The van der Waals surface area contributed by atoms with E-state index in [2.05, 4.69) is 24.1 Å². The number of hydrogen-bond acceptors (Lipinski definition) is 6. The molecule has 0 bridgehead atoms. The molecule has 1 aromatic rings. The highest BCUT2D eigenvalue weighted by atomic mass is 16.7. The molecule has 1 aliphatic heterocycles. The van der Waals surface area contributed by atoms with E-state index in [1.165, 1.54) is 7.11 Å². The maximum atomic E-state index is 11.8. The molecule has 0 saturated carbocycles. The number of hydrogen-bond donors (Lipinski definition) is 1. The van der Waals surface area contributed by atoms with Crippen LogP contribution < -0.4 is 5.32 Å². The molecule has 1 aliphatic rings. The molecule has 116 valence electrons. The van der Waals surface area contributed by atoms with Gasteiger partial charge in [0.15, 0.2) is 0 Å². The van der Waals surface area contributed by atoms with Gasteiger partial charge in [-0.1, -0.05) is 6.92 Å². The molecule has 0 radical (unpaired) electrons. The van der Waals surface area contributed by atoms with Gasteiger partial charge in [-0.05, 0) is 31.9 Å². The normalized spacial score (nSPS) is 17.3. The maximum Gasteiger partial charge on any atom is 0.338 e. The van der Waals surface area contributed by atoms with Gasteiger partial charge in [0.1, 0.15) is 5.82 Å². The summed E-state index contributed by atoms with van der Waals surface area (Å²) in [5, 5.41) is 3.26. The third-order valence-corrected chi connectivity index (χ3v) is 3.34. The van der Waals surface area contributed by atoms with Gasteiger partial charge in [-0.2, -0.15) is 0 Å². The Hall–Kier alpha value is -1.66. The topological polar surface area (TPSA) is 69.7 Å². The molecule has 6 nitrogen and oxygen atoms in total.